The number of nitrogens with zero attached hydrogens (tertiary/aromatic N) is 2. The second kappa shape index (κ2) is 13.2. The topological polar surface area (TPSA) is 9.86 Å². The number of hydrogen-bond donors (Lipinski definition) is 0. The zero-order valence-corrected chi connectivity index (χ0v) is 30.7. The SMILES string of the molecule is c1ccc(-c2cccc(-c3ccccc3)c2-c2ccc(-n3c4ccccc4c4ccc(-c5ccc6c(c5)c5ccccc5n6-c5ccccc5)cc43)cc2)cc1. The van der Waals surface area contributed by atoms with Crippen molar-refractivity contribution in [3.8, 4) is 55.9 Å². The predicted molar refractivity (Wildman–Crippen MR) is 237 cm³/mol. The summed E-state index contributed by atoms with van der Waals surface area (Å²) < 4.78 is 4.80. The van der Waals surface area contributed by atoms with Gasteiger partial charge in [0.2, 0.25) is 0 Å². The molecule has 9 aromatic carbocycles. The van der Waals surface area contributed by atoms with Crippen LogP contribution >= 0.6 is 0 Å². The lowest BCUT2D eigenvalue weighted by molar-refractivity contribution is 1.18. The van der Waals surface area contributed by atoms with Crippen LogP contribution in [-0.2, 0) is 0 Å². The van der Waals surface area contributed by atoms with Gasteiger partial charge < -0.3 is 9.13 Å². The minimum atomic E-state index is 1.14. The van der Waals surface area contributed by atoms with Crippen molar-refractivity contribution in [2.75, 3.05) is 0 Å². The van der Waals surface area contributed by atoms with E-state index in [4.69, 9.17) is 0 Å². The van der Waals surface area contributed by atoms with E-state index in [1.54, 1.807) is 0 Å². The Morgan fingerprint density at radius 3 is 1.32 bits per heavy atom. The van der Waals surface area contributed by atoms with Crippen molar-refractivity contribution in [3.63, 3.8) is 0 Å². The highest BCUT2D eigenvalue weighted by Gasteiger charge is 2.18. The van der Waals surface area contributed by atoms with Gasteiger partial charge in [-0.05, 0) is 99.1 Å². The number of benzene rings is 9. The van der Waals surface area contributed by atoms with E-state index < -0.39 is 0 Å². The van der Waals surface area contributed by atoms with Gasteiger partial charge in [-0.2, -0.15) is 0 Å². The highest BCUT2D eigenvalue weighted by Crippen LogP contribution is 2.42. The van der Waals surface area contributed by atoms with Crippen LogP contribution in [0.15, 0.2) is 218 Å². The molecule has 0 aliphatic heterocycles. The molecule has 0 N–H and O–H groups in total. The first kappa shape index (κ1) is 32.0. The van der Waals surface area contributed by atoms with Crippen LogP contribution in [0.4, 0.5) is 0 Å². The molecule has 0 saturated heterocycles. The van der Waals surface area contributed by atoms with Gasteiger partial charge >= 0.3 is 0 Å². The molecule has 2 heterocycles. The molecule has 0 fully saturated rings. The van der Waals surface area contributed by atoms with Crippen molar-refractivity contribution >= 4 is 43.6 Å². The van der Waals surface area contributed by atoms with Crippen LogP contribution < -0.4 is 0 Å². The third kappa shape index (κ3) is 5.19. The lowest BCUT2D eigenvalue weighted by Crippen LogP contribution is -1.95. The first-order valence-electron chi connectivity index (χ1n) is 19.3. The van der Waals surface area contributed by atoms with Gasteiger partial charge in [-0.25, -0.2) is 0 Å². The maximum absolute atomic E-state index is 2.43. The van der Waals surface area contributed by atoms with Gasteiger partial charge in [0.15, 0.2) is 0 Å². The third-order valence-electron chi connectivity index (χ3n) is 11.3. The predicted octanol–water partition coefficient (Wildman–Crippen LogP) is 14.5. The molecule has 0 spiro atoms. The lowest BCUT2D eigenvalue weighted by atomic mass is 9.87. The van der Waals surface area contributed by atoms with E-state index in [0.717, 1.165) is 5.69 Å². The number of para-hydroxylation sites is 3. The van der Waals surface area contributed by atoms with Gasteiger partial charge in [0, 0.05) is 32.9 Å². The van der Waals surface area contributed by atoms with E-state index in [0.29, 0.717) is 0 Å². The number of aromatic nitrogens is 2. The standard InChI is InChI=1S/C54H36N2/c1-4-15-37(16-5-1)44-23-14-24-45(38-17-6-2-7-18-38)54(44)39-27-31-43(32-28-39)56-50-25-12-10-21-46(50)48-33-29-41(36-53(48)56)40-30-34-52-49(35-40)47-22-11-13-26-51(47)55(52)42-19-8-3-9-20-42/h1-36H. The molecule has 0 radical (unpaired) electrons. The summed E-state index contributed by atoms with van der Waals surface area (Å²) in [6.07, 6.45) is 0. The number of hydrogen-bond acceptors (Lipinski definition) is 0. The van der Waals surface area contributed by atoms with Crippen molar-refractivity contribution < 1.29 is 0 Å². The van der Waals surface area contributed by atoms with Crippen LogP contribution in [0.5, 0.6) is 0 Å². The summed E-state index contributed by atoms with van der Waals surface area (Å²) in [5.41, 5.74) is 16.8. The molecule has 0 amide bonds. The zero-order valence-electron chi connectivity index (χ0n) is 30.7. The summed E-state index contributed by atoms with van der Waals surface area (Å²) in [6, 6.07) is 79.4. The molecule has 11 aromatic rings. The van der Waals surface area contributed by atoms with E-state index in [2.05, 4.69) is 228 Å². The molecular weight excluding hydrogens is 677 g/mol. The van der Waals surface area contributed by atoms with Gasteiger partial charge in [0.1, 0.15) is 0 Å². The molecule has 2 nitrogen and oxygen atoms in total. The van der Waals surface area contributed by atoms with Crippen LogP contribution in [-0.4, -0.2) is 9.13 Å². The number of fused-ring (bicyclic) bond motifs is 6. The average molecular weight is 713 g/mol. The van der Waals surface area contributed by atoms with Crippen LogP contribution in [0.25, 0.3) is 99.5 Å². The van der Waals surface area contributed by atoms with Crippen LogP contribution in [0.3, 0.4) is 0 Å². The molecule has 2 heteroatoms. The number of rotatable bonds is 6. The normalized spacial score (nSPS) is 11.6. The molecule has 0 aliphatic rings. The first-order valence-corrected chi connectivity index (χ1v) is 19.3. The average Bonchev–Trinajstić information content (AvgIpc) is 3.79. The fraction of sp³-hybridized carbons (Fsp3) is 0. The maximum atomic E-state index is 2.43. The Morgan fingerprint density at radius 1 is 0.232 bits per heavy atom. The zero-order chi connectivity index (χ0) is 37.0. The summed E-state index contributed by atoms with van der Waals surface area (Å²) >= 11 is 0. The largest absolute Gasteiger partial charge is 0.309 e. The summed E-state index contributed by atoms with van der Waals surface area (Å²) in [5.74, 6) is 0. The molecule has 56 heavy (non-hydrogen) atoms. The second-order valence-electron chi connectivity index (χ2n) is 14.5. The Bertz CT molecular complexity index is 3150. The second-order valence-corrected chi connectivity index (χ2v) is 14.5. The fourth-order valence-electron chi connectivity index (χ4n) is 8.79. The van der Waals surface area contributed by atoms with Crippen molar-refractivity contribution in [1.82, 2.24) is 9.13 Å². The Hall–Kier alpha value is -7.42. The van der Waals surface area contributed by atoms with Crippen molar-refractivity contribution in [3.05, 3.63) is 218 Å². The maximum Gasteiger partial charge on any atom is 0.0547 e. The molecule has 262 valence electrons. The van der Waals surface area contributed by atoms with E-state index in [-0.39, 0.29) is 0 Å². The summed E-state index contributed by atoms with van der Waals surface area (Å²) in [6.45, 7) is 0. The minimum Gasteiger partial charge on any atom is -0.309 e. The van der Waals surface area contributed by atoms with E-state index in [9.17, 15) is 0 Å². The Labute approximate surface area is 325 Å². The molecule has 0 bridgehead atoms. The quantitative estimate of drug-likeness (QED) is 0.162. The van der Waals surface area contributed by atoms with Crippen LogP contribution in [0.2, 0.25) is 0 Å². The molecule has 0 unspecified atom stereocenters. The van der Waals surface area contributed by atoms with Gasteiger partial charge in [0.05, 0.1) is 22.1 Å². The Balaban J connectivity index is 1.07. The molecular formula is C54H36N2. The van der Waals surface area contributed by atoms with Crippen molar-refractivity contribution in [2.45, 2.75) is 0 Å². The lowest BCUT2D eigenvalue weighted by Gasteiger charge is -2.17. The fourth-order valence-corrected chi connectivity index (χ4v) is 8.79. The summed E-state index contributed by atoms with van der Waals surface area (Å²) in [7, 11) is 0. The first-order chi connectivity index (χ1) is 27.8. The van der Waals surface area contributed by atoms with Crippen LogP contribution in [0, 0.1) is 0 Å². The highest BCUT2D eigenvalue weighted by molar-refractivity contribution is 6.12. The molecule has 0 saturated carbocycles. The Kier molecular flexibility index (Phi) is 7.53. The Morgan fingerprint density at radius 2 is 0.679 bits per heavy atom. The van der Waals surface area contributed by atoms with Crippen molar-refractivity contribution in [2.24, 2.45) is 0 Å². The summed E-state index contributed by atoms with van der Waals surface area (Å²) in [4.78, 5) is 0. The highest BCUT2D eigenvalue weighted by atomic mass is 15.0. The van der Waals surface area contributed by atoms with Crippen molar-refractivity contribution in [1.29, 1.82) is 0 Å². The van der Waals surface area contributed by atoms with Gasteiger partial charge in [0.25, 0.3) is 0 Å². The minimum absolute atomic E-state index is 1.14. The third-order valence-corrected chi connectivity index (χ3v) is 11.3. The monoisotopic (exact) mass is 712 g/mol. The van der Waals surface area contributed by atoms with Gasteiger partial charge in [-0.15, -0.1) is 0 Å². The summed E-state index contributed by atoms with van der Waals surface area (Å²) in [5, 5.41) is 5.01. The van der Waals surface area contributed by atoms with Crippen LogP contribution in [0.1, 0.15) is 0 Å². The van der Waals surface area contributed by atoms with E-state index in [1.807, 2.05) is 0 Å². The van der Waals surface area contributed by atoms with E-state index in [1.165, 1.54) is 93.8 Å². The van der Waals surface area contributed by atoms with Gasteiger partial charge in [-0.3, -0.25) is 0 Å². The molecule has 0 aliphatic carbocycles. The smallest absolute Gasteiger partial charge is 0.0547 e. The molecule has 2 aromatic heterocycles. The van der Waals surface area contributed by atoms with Gasteiger partial charge in [-0.1, -0.05) is 164 Å². The molecule has 11 rings (SSSR count). The van der Waals surface area contributed by atoms with E-state index >= 15 is 0 Å². The molecule has 0 atom stereocenters.